The van der Waals surface area contributed by atoms with Gasteiger partial charge in [0.1, 0.15) is 5.69 Å². The van der Waals surface area contributed by atoms with Crippen LogP contribution in [0.5, 0.6) is 0 Å². The second-order valence-corrected chi connectivity index (χ2v) is 8.57. The number of H-pyrrole nitrogens is 2. The molecule has 0 radical (unpaired) electrons. The van der Waals surface area contributed by atoms with Crippen LogP contribution in [0.15, 0.2) is 42.5 Å². The minimum absolute atomic E-state index is 0.174. The first-order valence-corrected chi connectivity index (χ1v) is 11.7. The molecule has 2 aromatic carbocycles. The zero-order valence-electron chi connectivity index (χ0n) is 19.2. The van der Waals surface area contributed by atoms with Crippen molar-refractivity contribution in [1.82, 2.24) is 41.3 Å². The number of amides is 2. The summed E-state index contributed by atoms with van der Waals surface area (Å²) in [4.78, 5) is 26.2. The van der Waals surface area contributed by atoms with Gasteiger partial charge in [-0.1, -0.05) is 41.6 Å². The number of hydrogen-bond donors (Lipinski definition) is 4. The van der Waals surface area contributed by atoms with Crippen LogP contribution in [-0.4, -0.2) is 73.9 Å². The molecule has 6 rings (SSSR count). The number of anilines is 1. The van der Waals surface area contributed by atoms with Crippen molar-refractivity contribution in [3.63, 3.8) is 0 Å². The number of hydrazine groups is 1. The van der Waals surface area contributed by atoms with Crippen LogP contribution in [0.25, 0.3) is 22.5 Å². The fourth-order valence-electron chi connectivity index (χ4n) is 4.54. The minimum Gasteiger partial charge on any atom is -0.379 e. The van der Waals surface area contributed by atoms with Gasteiger partial charge >= 0.3 is 6.03 Å². The first-order chi connectivity index (χ1) is 17.7. The number of nitrogens with one attached hydrogen (secondary N) is 4. The molecule has 1 fully saturated rings. The summed E-state index contributed by atoms with van der Waals surface area (Å²) < 4.78 is 5.31. The summed E-state index contributed by atoms with van der Waals surface area (Å²) in [5, 5.41) is 26.1. The highest BCUT2D eigenvalue weighted by Gasteiger charge is 2.35. The summed E-state index contributed by atoms with van der Waals surface area (Å²) in [5.74, 6) is 0.489. The van der Waals surface area contributed by atoms with Crippen molar-refractivity contribution in [1.29, 1.82) is 0 Å². The van der Waals surface area contributed by atoms with E-state index in [4.69, 9.17) is 4.74 Å². The second kappa shape index (κ2) is 9.32. The number of aryl methyl sites for hydroxylation is 2. The van der Waals surface area contributed by atoms with Gasteiger partial charge in [0, 0.05) is 30.6 Å². The van der Waals surface area contributed by atoms with Gasteiger partial charge in [-0.2, -0.15) is 10.3 Å². The maximum Gasteiger partial charge on any atom is 0.333 e. The van der Waals surface area contributed by atoms with Gasteiger partial charge in [0.15, 0.2) is 11.6 Å². The van der Waals surface area contributed by atoms with Gasteiger partial charge in [-0.3, -0.25) is 15.3 Å². The van der Waals surface area contributed by atoms with Gasteiger partial charge in [0.2, 0.25) is 0 Å². The molecule has 36 heavy (non-hydrogen) atoms. The third kappa shape index (κ3) is 4.12. The molecule has 1 saturated heterocycles. The van der Waals surface area contributed by atoms with Crippen molar-refractivity contribution in [3.05, 3.63) is 65.0 Å². The zero-order valence-corrected chi connectivity index (χ0v) is 19.2. The van der Waals surface area contributed by atoms with Gasteiger partial charge in [-0.15, -0.1) is 10.2 Å². The van der Waals surface area contributed by atoms with Gasteiger partial charge in [-0.05, 0) is 18.1 Å². The highest BCUT2D eigenvalue weighted by atomic mass is 16.5. The topological polar surface area (TPSA) is 154 Å². The Hall–Kier alpha value is -4.42. The van der Waals surface area contributed by atoms with E-state index in [1.807, 2.05) is 36.4 Å². The van der Waals surface area contributed by atoms with Crippen LogP contribution in [0.1, 0.15) is 27.3 Å². The van der Waals surface area contributed by atoms with Gasteiger partial charge in [0.05, 0.1) is 35.7 Å². The third-order valence-corrected chi connectivity index (χ3v) is 6.33. The molecule has 12 heteroatoms. The molecule has 0 saturated carbocycles. The Morgan fingerprint density at radius 2 is 1.86 bits per heavy atom. The molecule has 0 spiro atoms. The van der Waals surface area contributed by atoms with E-state index < -0.39 is 6.03 Å². The van der Waals surface area contributed by atoms with Crippen molar-refractivity contribution in [2.75, 3.05) is 31.6 Å². The molecule has 4 aromatic rings. The van der Waals surface area contributed by atoms with Crippen LogP contribution in [-0.2, 0) is 17.6 Å². The summed E-state index contributed by atoms with van der Waals surface area (Å²) in [6.07, 6.45) is 1.45. The number of ether oxygens (including phenoxy) is 1. The van der Waals surface area contributed by atoms with Crippen LogP contribution < -0.4 is 10.7 Å². The smallest absolute Gasteiger partial charge is 0.333 e. The van der Waals surface area contributed by atoms with Crippen molar-refractivity contribution in [2.45, 2.75) is 12.8 Å². The molecule has 0 atom stereocenters. The maximum atomic E-state index is 13.6. The fraction of sp³-hybridized carbons (Fsp3) is 0.250. The number of urea groups is 1. The number of rotatable bonds is 6. The summed E-state index contributed by atoms with van der Waals surface area (Å²) in [7, 11) is 0. The second-order valence-electron chi connectivity index (χ2n) is 8.57. The van der Waals surface area contributed by atoms with Crippen molar-refractivity contribution >= 4 is 17.5 Å². The number of nitrogens with zero attached hydrogens (tertiary/aromatic N) is 5. The van der Waals surface area contributed by atoms with Crippen molar-refractivity contribution in [3.8, 4) is 22.5 Å². The van der Waals surface area contributed by atoms with Crippen LogP contribution in [0.2, 0.25) is 0 Å². The number of fused-ring (bicyclic) bond motifs is 3. The number of benzene rings is 2. The highest BCUT2D eigenvalue weighted by molar-refractivity contribution is 6.26. The average molecular weight is 486 g/mol. The predicted octanol–water partition coefficient (Wildman–Crippen LogP) is 1.96. The summed E-state index contributed by atoms with van der Waals surface area (Å²) >= 11 is 0. The third-order valence-electron chi connectivity index (χ3n) is 6.33. The quantitative estimate of drug-likeness (QED) is 0.285. The Bertz CT molecular complexity index is 1410. The number of aromatic amines is 2. The van der Waals surface area contributed by atoms with Crippen molar-refractivity contribution in [2.24, 2.45) is 0 Å². The Labute approximate surface area is 205 Å². The molecule has 1 aliphatic carbocycles. The Morgan fingerprint density at radius 1 is 1.03 bits per heavy atom. The van der Waals surface area contributed by atoms with E-state index in [9.17, 15) is 9.59 Å². The summed E-state index contributed by atoms with van der Waals surface area (Å²) in [6.45, 7) is 2.33. The molecule has 4 N–H and O–H groups in total. The highest BCUT2D eigenvalue weighted by Crippen LogP contribution is 2.42. The lowest BCUT2D eigenvalue weighted by molar-refractivity contribution is 0.0207. The lowest BCUT2D eigenvalue weighted by atomic mass is 10.0. The van der Waals surface area contributed by atoms with E-state index in [0.717, 1.165) is 23.1 Å². The van der Waals surface area contributed by atoms with Crippen LogP contribution in [0.3, 0.4) is 0 Å². The monoisotopic (exact) mass is 485 g/mol. The van der Waals surface area contributed by atoms with E-state index >= 15 is 0 Å². The largest absolute Gasteiger partial charge is 0.379 e. The number of ketones is 1. The molecule has 2 amide bonds. The number of tetrazole rings is 1. The molecule has 0 bridgehead atoms. The molecule has 12 nitrogen and oxygen atoms in total. The zero-order chi connectivity index (χ0) is 24.5. The van der Waals surface area contributed by atoms with Gasteiger partial charge < -0.3 is 10.1 Å². The summed E-state index contributed by atoms with van der Waals surface area (Å²) in [5.41, 5.74) is 8.13. The normalized spacial score (nSPS) is 14.9. The fourth-order valence-corrected chi connectivity index (χ4v) is 4.54. The minimum atomic E-state index is -0.400. The van der Waals surface area contributed by atoms with E-state index in [1.54, 1.807) is 11.1 Å². The molecule has 1 aliphatic heterocycles. The molecular weight excluding hydrogens is 462 g/mol. The molecular formula is C24H23N9O3. The number of morpholine rings is 1. The van der Waals surface area contributed by atoms with E-state index in [0.29, 0.717) is 66.8 Å². The predicted molar refractivity (Wildman–Crippen MR) is 129 cm³/mol. The Morgan fingerprint density at radius 3 is 2.64 bits per heavy atom. The van der Waals surface area contributed by atoms with Gasteiger partial charge in [-0.25, -0.2) is 9.80 Å². The van der Waals surface area contributed by atoms with Crippen LogP contribution >= 0.6 is 0 Å². The Kier molecular flexibility index (Phi) is 5.71. The average Bonchev–Trinajstić information content (AvgIpc) is 3.63. The molecule has 2 aliphatic rings. The Balaban J connectivity index is 1.21. The lowest BCUT2D eigenvalue weighted by Gasteiger charge is -2.27. The number of carbonyl (C=O) groups excluding carboxylic acids is 2. The standard InChI is InChI=1S/C24H23N9O3/c34-23-19-16(2-1-3-17(19)25-24(35)30-33-10-12-36-13-11-33)22-20(23)21(28-29-22)15-7-4-14(5-8-15)6-9-18-26-31-32-27-18/h1-5,7-8H,6,9-13H2,(H,28,29)(H2,25,30,35)(H,26,27,31,32). The number of aromatic nitrogens is 6. The lowest BCUT2D eigenvalue weighted by Crippen LogP contribution is -2.49. The first kappa shape index (κ1) is 22.1. The SMILES string of the molecule is O=C(Nc1cccc2c1C(=O)c1c(-c3ccc(CCc4nn[nH]n4)cc3)n[nH]c1-2)NN1CCOCC1. The van der Waals surface area contributed by atoms with Gasteiger partial charge in [0.25, 0.3) is 0 Å². The van der Waals surface area contributed by atoms with Crippen LogP contribution in [0.4, 0.5) is 10.5 Å². The van der Waals surface area contributed by atoms with E-state index in [2.05, 4.69) is 41.6 Å². The summed E-state index contributed by atoms with van der Waals surface area (Å²) in [6, 6.07) is 12.9. The first-order valence-electron chi connectivity index (χ1n) is 11.7. The maximum absolute atomic E-state index is 13.6. The molecule has 0 unspecified atom stereocenters. The molecule has 2 aromatic heterocycles. The van der Waals surface area contributed by atoms with E-state index in [1.165, 1.54) is 0 Å². The molecule has 3 heterocycles. The molecule has 182 valence electrons. The number of hydrogen-bond acceptors (Lipinski definition) is 8. The van der Waals surface area contributed by atoms with E-state index in [-0.39, 0.29) is 5.78 Å². The van der Waals surface area contributed by atoms with Crippen molar-refractivity contribution < 1.29 is 14.3 Å². The number of carbonyl (C=O) groups is 2. The van der Waals surface area contributed by atoms with Crippen LogP contribution in [0, 0.1) is 0 Å².